The van der Waals surface area contributed by atoms with E-state index >= 15 is 0 Å². The summed E-state index contributed by atoms with van der Waals surface area (Å²) in [5.74, 6) is 0. The molecule has 140 valence electrons. The second kappa shape index (κ2) is 6.73. The fraction of sp³-hybridized carbons (Fsp3) is 0.412. The lowest BCUT2D eigenvalue weighted by molar-refractivity contribution is 0.220. The number of nitrogens with two attached hydrogens (primary N) is 1. The number of amides is 2. The Bertz CT molecular complexity index is 951. The van der Waals surface area contributed by atoms with E-state index in [1.165, 1.54) is 12.1 Å². The number of rotatable bonds is 3. The van der Waals surface area contributed by atoms with Crippen molar-refractivity contribution in [1.82, 2.24) is 14.7 Å². The number of nitrogens with one attached hydrogen (secondary N) is 1. The number of primary sulfonamides is 1. The lowest BCUT2D eigenvalue weighted by atomic mass is 10.2. The second-order valence-corrected chi connectivity index (χ2v) is 8.27. The highest BCUT2D eigenvalue weighted by atomic mass is 32.2. The van der Waals surface area contributed by atoms with Crippen LogP contribution in [0, 0.1) is 20.8 Å². The van der Waals surface area contributed by atoms with Gasteiger partial charge in [0.1, 0.15) is 0 Å². The summed E-state index contributed by atoms with van der Waals surface area (Å²) in [6.45, 7) is 6.92. The average molecular weight is 377 g/mol. The molecule has 1 aromatic carbocycles. The molecule has 0 aliphatic carbocycles. The first-order valence-corrected chi connectivity index (χ1v) is 9.92. The maximum Gasteiger partial charge on any atom is 0.321 e. The summed E-state index contributed by atoms with van der Waals surface area (Å²) in [6.07, 6.45) is 0.825. The van der Waals surface area contributed by atoms with Crippen molar-refractivity contribution in [3.8, 4) is 0 Å². The molecule has 1 unspecified atom stereocenters. The minimum absolute atomic E-state index is 0.0275. The van der Waals surface area contributed by atoms with Crippen molar-refractivity contribution >= 4 is 21.7 Å². The second-order valence-electron chi connectivity index (χ2n) is 6.71. The van der Waals surface area contributed by atoms with Gasteiger partial charge in [-0.3, -0.25) is 4.68 Å². The van der Waals surface area contributed by atoms with Crippen LogP contribution >= 0.6 is 0 Å². The molecule has 1 atom stereocenters. The zero-order chi connectivity index (χ0) is 19.1. The molecule has 3 rings (SSSR count). The molecule has 1 aromatic heterocycles. The Balaban J connectivity index is 1.72. The minimum atomic E-state index is -3.82. The number of hydrogen-bond donors (Lipinski definition) is 2. The van der Waals surface area contributed by atoms with Gasteiger partial charge < -0.3 is 10.2 Å². The van der Waals surface area contributed by atoms with Gasteiger partial charge in [0, 0.05) is 24.5 Å². The first kappa shape index (κ1) is 18.4. The molecule has 2 aromatic rings. The van der Waals surface area contributed by atoms with Gasteiger partial charge in [-0.1, -0.05) is 6.07 Å². The number of hydrogen-bond acceptors (Lipinski definition) is 4. The van der Waals surface area contributed by atoms with Crippen molar-refractivity contribution < 1.29 is 13.2 Å². The van der Waals surface area contributed by atoms with Gasteiger partial charge in [0.05, 0.1) is 16.6 Å². The third-order valence-electron chi connectivity index (χ3n) is 4.62. The van der Waals surface area contributed by atoms with Crippen molar-refractivity contribution in [3.05, 3.63) is 41.2 Å². The van der Waals surface area contributed by atoms with E-state index in [0.717, 1.165) is 23.4 Å². The molecule has 1 saturated heterocycles. The molecule has 1 fully saturated rings. The van der Waals surface area contributed by atoms with Gasteiger partial charge in [0.2, 0.25) is 10.0 Å². The van der Waals surface area contributed by atoms with E-state index in [1.807, 2.05) is 24.6 Å². The highest BCUT2D eigenvalue weighted by Gasteiger charge is 2.29. The number of sulfonamides is 1. The number of carbonyl (C=O) groups is 1. The summed E-state index contributed by atoms with van der Waals surface area (Å²) in [7, 11) is -3.82. The van der Waals surface area contributed by atoms with E-state index in [9.17, 15) is 13.2 Å². The largest absolute Gasteiger partial charge is 0.322 e. The Morgan fingerprint density at radius 2 is 2.00 bits per heavy atom. The summed E-state index contributed by atoms with van der Waals surface area (Å²) in [5, 5.41) is 12.5. The van der Waals surface area contributed by atoms with Crippen molar-refractivity contribution in [2.24, 2.45) is 5.14 Å². The fourth-order valence-electron chi connectivity index (χ4n) is 3.25. The summed E-state index contributed by atoms with van der Waals surface area (Å²) in [4.78, 5) is 14.3. The maximum absolute atomic E-state index is 12.6. The van der Waals surface area contributed by atoms with Gasteiger partial charge in [0.15, 0.2) is 0 Å². The number of anilines is 1. The van der Waals surface area contributed by atoms with Crippen LogP contribution < -0.4 is 10.5 Å². The monoisotopic (exact) mass is 377 g/mol. The zero-order valence-electron chi connectivity index (χ0n) is 15.1. The first-order valence-electron chi connectivity index (χ1n) is 8.37. The lowest BCUT2D eigenvalue weighted by Gasteiger charge is -2.19. The Kier molecular flexibility index (Phi) is 4.76. The average Bonchev–Trinajstić information content (AvgIpc) is 3.14. The van der Waals surface area contributed by atoms with Crippen LogP contribution in [0.15, 0.2) is 29.2 Å². The zero-order valence-corrected chi connectivity index (χ0v) is 15.9. The molecular weight excluding hydrogens is 354 g/mol. The summed E-state index contributed by atoms with van der Waals surface area (Å²) in [5.41, 5.74) is 3.24. The van der Waals surface area contributed by atoms with E-state index in [4.69, 9.17) is 5.14 Å². The third kappa shape index (κ3) is 3.73. The summed E-state index contributed by atoms with van der Waals surface area (Å²) < 4.78 is 25.0. The quantitative estimate of drug-likeness (QED) is 0.851. The lowest BCUT2D eigenvalue weighted by Crippen LogP contribution is -2.33. The van der Waals surface area contributed by atoms with Crippen molar-refractivity contribution in [1.29, 1.82) is 0 Å². The number of likely N-dealkylation sites (tertiary alicyclic amines) is 1. The van der Waals surface area contributed by atoms with Crippen LogP contribution in [-0.4, -0.2) is 42.2 Å². The third-order valence-corrected chi connectivity index (χ3v) is 5.53. The number of carbonyl (C=O) groups excluding carboxylic acids is 1. The Morgan fingerprint density at radius 3 is 2.62 bits per heavy atom. The van der Waals surface area contributed by atoms with E-state index in [-0.39, 0.29) is 17.0 Å². The number of benzene rings is 1. The number of aromatic nitrogens is 2. The maximum atomic E-state index is 12.6. The van der Waals surface area contributed by atoms with Crippen LogP contribution in [0.25, 0.3) is 0 Å². The number of nitrogens with zero attached hydrogens (tertiary/aromatic N) is 3. The van der Waals surface area contributed by atoms with Gasteiger partial charge in [-0.15, -0.1) is 0 Å². The number of urea groups is 1. The molecule has 9 heteroatoms. The molecule has 8 nitrogen and oxygen atoms in total. The smallest absolute Gasteiger partial charge is 0.321 e. The van der Waals surface area contributed by atoms with Crippen molar-refractivity contribution in [2.75, 3.05) is 18.4 Å². The molecule has 0 saturated carbocycles. The van der Waals surface area contributed by atoms with Crippen molar-refractivity contribution in [2.45, 2.75) is 38.1 Å². The molecule has 1 aliphatic heterocycles. The molecular formula is C17H23N5O3S. The Morgan fingerprint density at radius 1 is 1.27 bits per heavy atom. The standard InChI is InChI=1S/C17H23N5O3S/c1-11-4-5-15(26(18,24)25)9-16(11)19-17(23)21-7-6-14(10-21)22-13(3)8-12(2)20-22/h4-5,8-9,14H,6-7,10H2,1-3H3,(H,19,23)(H2,18,24,25). The van der Waals surface area contributed by atoms with Crippen LogP contribution in [0.1, 0.15) is 29.4 Å². The van der Waals surface area contributed by atoms with Crippen LogP contribution in [0.2, 0.25) is 0 Å². The Hall–Kier alpha value is -2.39. The summed E-state index contributed by atoms with van der Waals surface area (Å²) >= 11 is 0. The number of aryl methyl sites for hydroxylation is 3. The van der Waals surface area contributed by atoms with Crippen LogP contribution in [0.3, 0.4) is 0 Å². The normalized spacial score (nSPS) is 17.5. The molecule has 2 heterocycles. The van der Waals surface area contributed by atoms with Crippen molar-refractivity contribution in [3.63, 3.8) is 0 Å². The van der Waals surface area contributed by atoms with Gasteiger partial charge >= 0.3 is 6.03 Å². The molecule has 0 spiro atoms. The molecule has 26 heavy (non-hydrogen) atoms. The summed E-state index contributed by atoms with van der Waals surface area (Å²) in [6, 6.07) is 6.34. The SMILES string of the molecule is Cc1cc(C)n(C2CCN(C(=O)Nc3cc(S(N)(=O)=O)ccc3C)C2)n1. The minimum Gasteiger partial charge on any atom is -0.322 e. The van der Waals surface area contributed by atoms with E-state index in [1.54, 1.807) is 17.9 Å². The predicted octanol–water partition coefficient (Wildman–Crippen LogP) is 1.93. The van der Waals surface area contributed by atoms with Gasteiger partial charge in [-0.25, -0.2) is 18.4 Å². The van der Waals surface area contributed by atoms with E-state index in [2.05, 4.69) is 10.4 Å². The van der Waals surface area contributed by atoms with E-state index in [0.29, 0.717) is 18.8 Å². The van der Waals surface area contributed by atoms with Crippen LogP contribution in [-0.2, 0) is 10.0 Å². The molecule has 3 N–H and O–H groups in total. The molecule has 1 aliphatic rings. The van der Waals surface area contributed by atoms with Crippen LogP contribution in [0.4, 0.5) is 10.5 Å². The van der Waals surface area contributed by atoms with Gasteiger partial charge in [-0.05, 0) is 51.0 Å². The molecule has 2 amide bonds. The predicted molar refractivity (Wildman–Crippen MR) is 98.5 cm³/mol. The first-order chi connectivity index (χ1) is 12.1. The molecule has 0 radical (unpaired) electrons. The topological polar surface area (TPSA) is 110 Å². The highest BCUT2D eigenvalue weighted by Crippen LogP contribution is 2.25. The molecule has 0 bridgehead atoms. The Labute approximate surface area is 153 Å². The van der Waals surface area contributed by atoms with Gasteiger partial charge in [-0.2, -0.15) is 5.10 Å². The fourth-order valence-corrected chi connectivity index (χ4v) is 3.79. The van der Waals surface area contributed by atoms with Crippen LogP contribution in [0.5, 0.6) is 0 Å². The van der Waals surface area contributed by atoms with E-state index < -0.39 is 10.0 Å². The van der Waals surface area contributed by atoms with Gasteiger partial charge in [0.25, 0.3) is 0 Å². The highest BCUT2D eigenvalue weighted by molar-refractivity contribution is 7.89.